The Hall–Kier alpha value is -0.620. The molecule has 0 spiro atoms. The van der Waals surface area contributed by atoms with E-state index in [2.05, 4.69) is 41.8 Å². The first kappa shape index (κ1) is 12.8. The lowest BCUT2D eigenvalue weighted by atomic mass is 10.0. The van der Waals surface area contributed by atoms with E-state index in [1.807, 2.05) is 29.2 Å². The van der Waals surface area contributed by atoms with Crippen molar-refractivity contribution in [2.75, 3.05) is 19.6 Å². The second-order valence-electron chi connectivity index (χ2n) is 5.05. The van der Waals surface area contributed by atoms with Crippen LogP contribution in [0.5, 0.6) is 0 Å². The number of hydrogen-bond acceptors (Lipinski definition) is 2. The van der Waals surface area contributed by atoms with E-state index in [1.165, 1.54) is 0 Å². The molecule has 1 aromatic carbocycles. The molecule has 2 rings (SSSR count). The number of hydrogen-bond donors (Lipinski definition) is 1. The molecule has 0 unspecified atom stereocenters. The third kappa shape index (κ3) is 3.19. The number of carbonyl (C=O) groups excluding carboxylic acids is 1. The highest BCUT2D eigenvalue weighted by Crippen LogP contribution is 2.15. The zero-order valence-corrected chi connectivity index (χ0v) is 12.3. The van der Waals surface area contributed by atoms with Crippen LogP contribution in [-0.4, -0.2) is 36.0 Å². The molecule has 0 radical (unpaired) electrons. The lowest BCUT2D eigenvalue weighted by molar-refractivity contribution is 0.0652. The highest BCUT2D eigenvalue weighted by atomic mass is 127. The molecule has 4 heteroatoms. The average Bonchev–Trinajstić information content (AvgIpc) is 2.26. The Morgan fingerprint density at radius 3 is 2.88 bits per heavy atom. The van der Waals surface area contributed by atoms with Crippen LogP contribution >= 0.6 is 22.6 Å². The number of halogens is 1. The molecular weight excluding hydrogens is 327 g/mol. The summed E-state index contributed by atoms with van der Waals surface area (Å²) in [6.45, 7) is 6.66. The average molecular weight is 344 g/mol. The molecule has 0 atom stereocenters. The van der Waals surface area contributed by atoms with Gasteiger partial charge in [-0.15, -0.1) is 0 Å². The largest absolute Gasteiger partial charge is 0.336 e. The maximum atomic E-state index is 12.3. The standard InChI is InChI=1S/C13H17IN2O/c1-13(2)9-16(7-6-15-13)12(17)10-4-3-5-11(14)8-10/h3-5,8,15H,6-7,9H2,1-2H3. The van der Waals surface area contributed by atoms with Crippen LogP contribution in [0, 0.1) is 3.57 Å². The summed E-state index contributed by atoms with van der Waals surface area (Å²) in [6.07, 6.45) is 0. The van der Waals surface area contributed by atoms with E-state index < -0.39 is 0 Å². The zero-order chi connectivity index (χ0) is 12.5. The van der Waals surface area contributed by atoms with E-state index in [-0.39, 0.29) is 11.4 Å². The Bertz CT molecular complexity index is 431. The van der Waals surface area contributed by atoms with Crippen LogP contribution in [0.3, 0.4) is 0 Å². The number of carbonyl (C=O) groups is 1. The predicted octanol–water partition coefficient (Wildman–Crippen LogP) is 2.12. The minimum atomic E-state index is 0.00977. The van der Waals surface area contributed by atoms with Crippen molar-refractivity contribution in [2.45, 2.75) is 19.4 Å². The zero-order valence-electron chi connectivity index (χ0n) is 10.2. The second-order valence-corrected chi connectivity index (χ2v) is 6.29. The maximum Gasteiger partial charge on any atom is 0.253 e. The van der Waals surface area contributed by atoms with E-state index in [0.29, 0.717) is 0 Å². The van der Waals surface area contributed by atoms with Crippen molar-refractivity contribution < 1.29 is 4.79 Å². The molecule has 1 heterocycles. The van der Waals surface area contributed by atoms with E-state index in [9.17, 15) is 4.79 Å². The molecule has 92 valence electrons. The quantitative estimate of drug-likeness (QED) is 0.792. The van der Waals surface area contributed by atoms with Crippen LogP contribution in [-0.2, 0) is 0 Å². The van der Waals surface area contributed by atoms with Crippen LogP contribution in [0.1, 0.15) is 24.2 Å². The van der Waals surface area contributed by atoms with Crippen LogP contribution in [0.15, 0.2) is 24.3 Å². The smallest absolute Gasteiger partial charge is 0.253 e. The van der Waals surface area contributed by atoms with Crippen LogP contribution < -0.4 is 5.32 Å². The lowest BCUT2D eigenvalue weighted by Gasteiger charge is -2.39. The topological polar surface area (TPSA) is 32.3 Å². The van der Waals surface area contributed by atoms with Gasteiger partial charge < -0.3 is 10.2 Å². The lowest BCUT2D eigenvalue weighted by Crippen LogP contribution is -2.58. The van der Waals surface area contributed by atoms with Gasteiger partial charge in [0.05, 0.1) is 0 Å². The monoisotopic (exact) mass is 344 g/mol. The Labute approximate surface area is 116 Å². The summed E-state index contributed by atoms with van der Waals surface area (Å²) < 4.78 is 1.10. The van der Waals surface area contributed by atoms with Gasteiger partial charge in [0.15, 0.2) is 0 Å². The number of rotatable bonds is 1. The Morgan fingerprint density at radius 2 is 2.24 bits per heavy atom. The van der Waals surface area contributed by atoms with Crippen LogP contribution in [0.2, 0.25) is 0 Å². The third-order valence-electron chi connectivity index (χ3n) is 2.93. The molecule has 1 aliphatic heterocycles. The Balaban J connectivity index is 2.15. The molecule has 17 heavy (non-hydrogen) atoms. The number of benzene rings is 1. The van der Waals surface area contributed by atoms with Gasteiger partial charge in [-0.2, -0.15) is 0 Å². The molecule has 1 aliphatic rings. The Morgan fingerprint density at radius 1 is 1.47 bits per heavy atom. The highest BCUT2D eigenvalue weighted by Gasteiger charge is 2.28. The third-order valence-corrected chi connectivity index (χ3v) is 3.60. The van der Waals surface area contributed by atoms with Crippen molar-refractivity contribution in [1.29, 1.82) is 0 Å². The molecule has 1 amide bonds. The van der Waals surface area contributed by atoms with Gasteiger partial charge in [-0.3, -0.25) is 4.79 Å². The van der Waals surface area contributed by atoms with E-state index in [1.54, 1.807) is 0 Å². The summed E-state index contributed by atoms with van der Waals surface area (Å²) in [4.78, 5) is 14.3. The van der Waals surface area contributed by atoms with E-state index in [4.69, 9.17) is 0 Å². The van der Waals surface area contributed by atoms with Crippen LogP contribution in [0.25, 0.3) is 0 Å². The molecule has 1 N–H and O–H groups in total. The minimum Gasteiger partial charge on any atom is -0.336 e. The second kappa shape index (κ2) is 4.94. The van der Waals surface area contributed by atoms with Gasteiger partial charge in [0.1, 0.15) is 0 Å². The predicted molar refractivity (Wildman–Crippen MR) is 77.1 cm³/mol. The summed E-state index contributed by atoms with van der Waals surface area (Å²) >= 11 is 2.23. The van der Waals surface area contributed by atoms with Crippen molar-refractivity contribution in [2.24, 2.45) is 0 Å². The molecule has 0 saturated carbocycles. The van der Waals surface area contributed by atoms with Crippen molar-refractivity contribution in [3.05, 3.63) is 33.4 Å². The van der Waals surface area contributed by atoms with Crippen LogP contribution in [0.4, 0.5) is 0 Å². The number of amides is 1. The molecule has 1 aromatic rings. The first-order chi connectivity index (χ1) is 7.98. The number of piperazine rings is 1. The highest BCUT2D eigenvalue weighted by molar-refractivity contribution is 14.1. The normalized spacial score (nSPS) is 19.1. The molecule has 1 fully saturated rings. The van der Waals surface area contributed by atoms with Gasteiger partial charge in [0, 0.05) is 34.3 Å². The van der Waals surface area contributed by atoms with Gasteiger partial charge in [-0.1, -0.05) is 6.07 Å². The molecule has 0 bridgehead atoms. The number of nitrogens with one attached hydrogen (secondary N) is 1. The van der Waals surface area contributed by atoms with Crippen molar-refractivity contribution in [3.63, 3.8) is 0 Å². The van der Waals surface area contributed by atoms with E-state index >= 15 is 0 Å². The fourth-order valence-electron chi connectivity index (χ4n) is 2.12. The maximum absolute atomic E-state index is 12.3. The SMILES string of the molecule is CC1(C)CN(C(=O)c2cccc(I)c2)CCN1. The van der Waals surface area contributed by atoms with Gasteiger partial charge in [-0.05, 0) is 54.6 Å². The van der Waals surface area contributed by atoms with Crippen molar-refractivity contribution in [1.82, 2.24) is 10.2 Å². The summed E-state index contributed by atoms with van der Waals surface area (Å²) in [6, 6.07) is 7.76. The fourth-order valence-corrected chi connectivity index (χ4v) is 2.66. The van der Waals surface area contributed by atoms with Gasteiger partial charge >= 0.3 is 0 Å². The van der Waals surface area contributed by atoms with Crippen molar-refractivity contribution in [3.8, 4) is 0 Å². The van der Waals surface area contributed by atoms with Gasteiger partial charge in [0.25, 0.3) is 5.91 Å². The fraction of sp³-hybridized carbons (Fsp3) is 0.462. The summed E-state index contributed by atoms with van der Waals surface area (Å²) in [7, 11) is 0. The Kier molecular flexibility index (Phi) is 3.73. The minimum absolute atomic E-state index is 0.00977. The molecule has 1 saturated heterocycles. The first-order valence-electron chi connectivity index (χ1n) is 5.78. The van der Waals surface area contributed by atoms with Gasteiger partial charge in [0.2, 0.25) is 0 Å². The van der Waals surface area contributed by atoms with Crippen molar-refractivity contribution >= 4 is 28.5 Å². The summed E-state index contributed by atoms with van der Waals surface area (Å²) in [5.41, 5.74) is 0.796. The van der Waals surface area contributed by atoms with E-state index in [0.717, 1.165) is 28.8 Å². The molecule has 0 aliphatic carbocycles. The number of nitrogens with zero attached hydrogens (tertiary/aromatic N) is 1. The first-order valence-corrected chi connectivity index (χ1v) is 6.86. The van der Waals surface area contributed by atoms with Gasteiger partial charge in [-0.25, -0.2) is 0 Å². The molecule has 0 aromatic heterocycles. The summed E-state index contributed by atoms with van der Waals surface area (Å²) in [5.74, 6) is 0.137. The summed E-state index contributed by atoms with van der Waals surface area (Å²) in [5, 5.41) is 3.41. The molecule has 3 nitrogen and oxygen atoms in total. The molecular formula is C13H17IN2O.